The molecule has 2 aromatic rings. The van der Waals surface area contributed by atoms with Crippen LogP contribution in [0.1, 0.15) is 25.8 Å². The summed E-state index contributed by atoms with van der Waals surface area (Å²) in [6.07, 6.45) is 7.92. The van der Waals surface area contributed by atoms with Crippen LogP contribution >= 0.6 is 0 Å². The Morgan fingerprint density at radius 3 is 2.70 bits per heavy atom. The molecule has 0 bridgehead atoms. The van der Waals surface area contributed by atoms with Gasteiger partial charge in [0.25, 0.3) is 0 Å². The van der Waals surface area contributed by atoms with E-state index in [1.165, 1.54) is 0 Å². The highest BCUT2D eigenvalue weighted by molar-refractivity contribution is 5.80. The molecule has 0 fully saturated rings. The maximum atomic E-state index is 6.03. The summed E-state index contributed by atoms with van der Waals surface area (Å²) in [6, 6.07) is 11.4. The normalized spacial score (nSPS) is 10.8. The number of para-hydroxylation sites is 2. The molecule has 2 rings (SSSR count). The van der Waals surface area contributed by atoms with E-state index in [1.807, 2.05) is 43.3 Å². The first kappa shape index (κ1) is 20.1. The molecule has 0 radical (unpaired) electrons. The standard InChI is InChI=1S/C21H26N4O2/c1-4-13-24-21(22-6-3)25-16-17-10-9-14-23-20(17)27-19-12-8-7-11-18(19)26-15-5-2/h1,7-12,14H,5-6,13,15-16H2,2-3H3,(H2,22,24,25). The Labute approximate surface area is 161 Å². The zero-order valence-electron chi connectivity index (χ0n) is 15.9. The molecule has 142 valence electrons. The quantitative estimate of drug-likeness (QED) is 0.405. The van der Waals surface area contributed by atoms with E-state index in [0.29, 0.717) is 43.0 Å². The molecule has 0 aliphatic rings. The van der Waals surface area contributed by atoms with Gasteiger partial charge < -0.3 is 20.1 Å². The molecule has 2 N–H and O–H groups in total. The van der Waals surface area contributed by atoms with E-state index in [9.17, 15) is 0 Å². The molecule has 0 saturated carbocycles. The molecule has 0 amide bonds. The average molecular weight is 366 g/mol. The molecule has 1 heterocycles. The fraction of sp³-hybridized carbons (Fsp3) is 0.333. The highest BCUT2D eigenvalue weighted by Crippen LogP contribution is 2.32. The summed E-state index contributed by atoms with van der Waals surface area (Å²) in [7, 11) is 0. The first-order valence-corrected chi connectivity index (χ1v) is 9.07. The second-order valence-corrected chi connectivity index (χ2v) is 5.62. The van der Waals surface area contributed by atoms with Crippen LogP contribution in [-0.4, -0.2) is 30.6 Å². The topological polar surface area (TPSA) is 67.8 Å². The first-order valence-electron chi connectivity index (χ1n) is 9.07. The van der Waals surface area contributed by atoms with Gasteiger partial charge in [0.1, 0.15) is 0 Å². The SMILES string of the molecule is C#CCNC(=NCc1cccnc1Oc1ccccc1OCCC)NCC. The third-order valence-corrected chi connectivity index (χ3v) is 3.48. The van der Waals surface area contributed by atoms with Crippen LogP contribution in [0.4, 0.5) is 0 Å². The third kappa shape index (κ3) is 6.55. The van der Waals surface area contributed by atoms with Gasteiger partial charge in [0, 0.05) is 18.3 Å². The van der Waals surface area contributed by atoms with Crippen molar-refractivity contribution in [2.45, 2.75) is 26.8 Å². The fourth-order valence-electron chi connectivity index (χ4n) is 2.25. The lowest BCUT2D eigenvalue weighted by Crippen LogP contribution is -2.37. The van der Waals surface area contributed by atoms with Crippen molar-refractivity contribution in [1.82, 2.24) is 15.6 Å². The van der Waals surface area contributed by atoms with E-state index in [-0.39, 0.29) is 0 Å². The summed E-state index contributed by atoms with van der Waals surface area (Å²) < 4.78 is 11.8. The van der Waals surface area contributed by atoms with Crippen molar-refractivity contribution < 1.29 is 9.47 Å². The fourth-order valence-corrected chi connectivity index (χ4v) is 2.25. The Morgan fingerprint density at radius 2 is 1.96 bits per heavy atom. The molecule has 27 heavy (non-hydrogen) atoms. The molecule has 1 aromatic heterocycles. The number of aliphatic imine (C=N–C) groups is 1. The van der Waals surface area contributed by atoms with Crippen LogP contribution in [0.25, 0.3) is 0 Å². The van der Waals surface area contributed by atoms with Gasteiger partial charge in [-0.1, -0.05) is 31.0 Å². The molecule has 0 spiro atoms. The lowest BCUT2D eigenvalue weighted by atomic mass is 10.2. The van der Waals surface area contributed by atoms with Gasteiger partial charge in [0.15, 0.2) is 17.5 Å². The second kappa shape index (κ2) is 11.4. The minimum absolute atomic E-state index is 0.404. The molecule has 6 nitrogen and oxygen atoms in total. The summed E-state index contributed by atoms with van der Waals surface area (Å²) in [6.45, 7) is 6.25. The summed E-state index contributed by atoms with van der Waals surface area (Å²) in [5, 5.41) is 6.21. The molecule has 0 aliphatic carbocycles. The van der Waals surface area contributed by atoms with Crippen LogP contribution in [0.2, 0.25) is 0 Å². The summed E-state index contributed by atoms with van der Waals surface area (Å²) in [5.74, 6) is 5.02. The number of rotatable bonds is 9. The predicted molar refractivity (Wildman–Crippen MR) is 108 cm³/mol. The summed E-state index contributed by atoms with van der Waals surface area (Å²) in [5.41, 5.74) is 0.862. The number of nitrogens with zero attached hydrogens (tertiary/aromatic N) is 2. The van der Waals surface area contributed by atoms with E-state index >= 15 is 0 Å². The van der Waals surface area contributed by atoms with Crippen LogP contribution in [-0.2, 0) is 6.54 Å². The van der Waals surface area contributed by atoms with Crippen LogP contribution in [0.15, 0.2) is 47.6 Å². The van der Waals surface area contributed by atoms with Gasteiger partial charge in [-0.25, -0.2) is 9.98 Å². The van der Waals surface area contributed by atoms with Crippen LogP contribution in [0.3, 0.4) is 0 Å². The van der Waals surface area contributed by atoms with Gasteiger partial charge in [-0.3, -0.25) is 0 Å². The van der Waals surface area contributed by atoms with Gasteiger partial charge in [-0.15, -0.1) is 6.42 Å². The molecule has 0 atom stereocenters. The van der Waals surface area contributed by atoms with Crippen LogP contribution in [0.5, 0.6) is 17.4 Å². The third-order valence-electron chi connectivity index (χ3n) is 3.48. The van der Waals surface area contributed by atoms with Crippen LogP contribution < -0.4 is 20.1 Å². The smallest absolute Gasteiger partial charge is 0.224 e. The van der Waals surface area contributed by atoms with Crippen molar-refractivity contribution in [3.63, 3.8) is 0 Å². The highest BCUT2D eigenvalue weighted by atomic mass is 16.5. The van der Waals surface area contributed by atoms with Gasteiger partial charge >= 0.3 is 0 Å². The minimum atomic E-state index is 0.404. The molecular formula is C21H26N4O2. The summed E-state index contributed by atoms with van der Waals surface area (Å²) in [4.78, 5) is 8.90. The lowest BCUT2D eigenvalue weighted by Gasteiger charge is -2.13. The monoisotopic (exact) mass is 366 g/mol. The maximum absolute atomic E-state index is 6.03. The van der Waals surface area contributed by atoms with Gasteiger partial charge in [0.2, 0.25) is 5.88 Å². The number of guanidine groups is 1. The first-order chi connectivity index (χ1) is 13.3. The molecule has 0 unspecified atom stereocenters. The Balaban J connectivity index is 2.17. The zero-order chi connectivity index (χ0) is 19.3. The second-order valence-electron chi connectivity index (χ2n) is 5.62. The number of hydrogen-bond acceptors (Lipinski definition) is 4. The van der Waals surface area contributed by atoms with Gasteiger partial charge in [-0.2, -0.15) is 0 Å². The van der Waals surface area contributed by atoms with Crippen molar-refractivity contribution in [2.75, 3.05) is 19.7 Å². The number of hydrogen-bond donors (Lipinski definition) is 2. The van der Waals surface area contributed by atoms with Crippen molar-refractivity contribution in [3.05, 3.63) is 48.2 Å². The highest BCUT2D eigenvalue weighted by Gasteiger charge is 2.10. The molecular weight excluding hydrogens is 340 g/mol. The lowest BCUT2D eigenvalue weighted by molar-refractivity contribution is 0.300. The van der Waals surface area contributed by atoms with Gasteiger partial charge in [0.05, 0.1) is 19.7 Å². The Kier molecular flexibility index (Phi) is 8.51. The van der Waals surface area contributed by atoms with Crippen molar-refractivity contribution >= 4 is 5.96 Å². The van der Waals surface area contributed by atoms with E-state index in [1.54, 1.807) is 6.20 Å². The predicted octanol–water partition coefficient (Wildman–Crippen LogP) is 3.35. The Bertz CT molecular complexity index is 784. The Hall–Kier alpha value is -3.20. The maximum Gasteiger partial charge on any atom is 0.224 e. The number of nitrogens with one attached hydrogen (secondary N) is 2. The summed E-state index contributed by atoms with van der Waals surface area (Å²) >= 11 is 0. The van der Waals surface area contributed by atoms with Crippen LogP contribution in [0, 0.1) is 12.3 Å². The molecule has 0 saturated heterocycles. The average Bonchev–Trinajstić information content (AvgIpc) is 2.70. The van der Waals surface area contributed by atoms with Gasteiger partial charge in [-0.05, 0) is 31.5 Å². The van der Waals surface area contributed by atoms with E-state index in [0.717, 1.165) is 18.5 Å². The molecule has 6 heteroatoms. The minimum Gasteiger partial charge on any atom is -0.490 e. The zero-order valence-corrected chi connectivity index (χ0v) is 15.9. The van der Waals surface area contributed by atoms with E-state index in [2.05, 4.69) is 33.5 Å². The molecule has 0 aliphatic heterocycles. The molecule has 1 aromatic carbocycles. The number of benzene rings is 1. The van der Waals surface area contributed by atoms with Crippen molar-refractivity contribution in [3.8, 4) is 29.7 Å². The largest absolute Gasteiger partial charge is 0.490 e. The number of aromatic nitrogens is 1. The number of terminal acetylenes is 1. The number of ether oxygens (including phenoxy) is 2. The van der Waals surface area contributed by atoms with E-state index in [4.69, 9.17) is 15.9 Å². The van der Waals surface area contributed by atoms with E-state index < -0.39 is 0 Å². The van der Waals surface area contributed by atoms with Crippen molar-refractivity contribution in [1.29, 1.82) is 0 Å². The number of pyridine rings is 1. The van der Waals surface area contributed by atoms with Crippen molar-refractivity contribution in [2.24, 2.45) is 4.99 Å². The Morgan fingerprint density at radius 1 is 1.15 bits per heavy atom.